The Labute approximate surface area is 299 Å². The van der Waals surface area contributed by atoms with Gasteiger partial charge in [0.1, 0.15) is 12.1 Å². The molecule has 13 heteroatoms. The third-order valence-electron chi connectivity index (χ3n) is 10.8. The van der Waals surface area contributed by atoms with Crippen molar-refractivity contribution in [2.45, 2.75) is 141 Å². The lowest BCUT2D eigenvalue weighted by molar-refractivity contribution is -0.150. The molecule has 1 saturated heterocycles. The minimum atomic E-state index is -3.58. The molecule has 5 amide bonds. The number of urea groups is 1. The number of rotatable bonds is 13. The summed E-state index contributed by atoms with van der Waals surface area (Å²) in [6.07, 6.45) is 12.8. The van der Waals surface area contributed by atoms with Crippen molar-refractivity contribution in [1.82, 2.24) is 26.2 Å². The van der Waals surface area contributed by atoms with Gasteiger partial charge in [-0.05, 0) is 76.0 Å². The molecule has 4 atom stereocenters. The van der Waals surface area contributed by atoms with Gasteiger partial charge < -0.3 is 26.2 Å². The summed E-state index contributed by atoms with van der Waals surface area (Å²) in [6, 6.07) is -3.84. The highest BCUT2D eigenvalue weighted by Gasteiger charge is 2.56. The quantitative estimate of drug-likeness (QED) is 0.129. The number of piperidine rings is 1. The van der Waals surface area contributed by atoms with E-state index in [1.54, 1.807) is 20.8 Å². The van der Waals surface area contributed by atoms with Gasteiger partial charge in [0.15, 0.2) is 9.84 Å². The average molecular weight is 718 g/mol. The first-order valence-corrected chi connectivity index (χ1v) is 19.6. The van der Waals surface area contributed by atoms with Crippen molar-refractivity contribution >= 4 is 39.4 Å². The van der Waals surface area contributed by atoms with Crippen LogP contribution in [0.4, 0.5) is 4.79 Å². The molecule has 3 fully saturated rings. The van der Waals surface area contributed by atoms with Crippen LogP contribution in [0.2, 0.25) is 0 Å². The highest BCUT2D eigenvalue weighted by atomic mass is 32.2. The second kappa shape index (κ2) is 15.9. The fraction of sp³-hybridized carbons (Fsp3) is 0.757. The maximum absolute atomic E-state index is 14.6. The van der Waals surface area contributed by atoms with Gasteiger partial charge >= 0.3 is 6.03 Å². The number of amides is 5. The summed E-state index contributed by atoms with van der Waals surface area (Å²) in [5.41, 5.74) is -1.89. The van der Waals surface area contributed by atoms with Crippen LogP contribution in [0.15, 0.2) is 12.7 Å². The molecule has 50 heavy (non-hydrogen) atoms. The van der Waals surface area contributed by atoms with E-state index < -0.39 is 73.2 Å². The van der Waals surface area contributed by atoms with Crippen molar-refractivity contribution in [2.24, 2.45) is 16.7 Å². The van der Waals surface area contributed by atoms with Gasteiger partial charge in [-0.2, -0.15) is 0 Å². The van der Waals surface area contributed by atoms with Crippen molar-refractivity contribution in [1.29, 1.82) is 0 Å². The average Bonchev–Trinajstić information content (AvgIpc) is 3.80. The Morgan fingerprint density at radius 3 is 2.14 bits per heavy atom. The summed E-state index contributed by atoms with van der Waals surface area (Å²) in [6.45, 7) is 16.3. The molecule has 0 aromatic carbocycles. The molecule has 0 bridgehead atoms. The number of nitrogens with one attached hydrogen (secondary N) is 4. The smallest absolute Gasteiger partial charge is 0.315 e. The Balaban J connectivity index is 1.89. The molecule has 1 heterocycles. The molecule has 4 N–H and O–H groups in total. The number of hydrogen-bond acceptors (Lipinski definition) is 7. The Bertz CT molecular complexity index is 1460. The Morgan fingerprint density at radius 1 is 1.00 bits per heavy atom. The molecule has 12 nitrogen and oxygen atoms in total. The van der Waals surface area contributed by atoms with Crippen molar-refractivity contribution in [3.63, 3.8) is 0 Å². The third kappa shape index (κ3) is 9.89. The van der Waals surface area contributed by atoms with E-state index >= 15 is 0 Å². The number of terminal acetylenes is 1. The van der Waals surface area contributed by atoms with E-state index in [-0.39, 0.29) is 43.0 Å². The van der Waals surface area contributed by atoms with Gasteiger partial charge in [-0.25, -0.2) is 13.2 Å². The molecule has 1 spiro atoms. The van der Waals surface area contributed by atoms with Crippen LogP contribution in [0, 0.1) is 29.1 Å². The molecule has 0 radical (unpaired) electrons. The number of nitrogens with zero attached hydrogens (tertiary/aromatic N) is 1. The highest BCUT2D eigenvalue weighted by molar-refractivity contribution is 7.92. The van der Waals surface area contributed by atoms with Crippen LogP contribution in [0.25, 0.3) is 0 Å². The predicted octanol–water partition coefficient (Wildman–Crippen LogP) is 3.40. The molecule has 3 aliphatic rings. The van der Waals surface area contributed by atoms with Gasteiger partial charge in [-0.15, -0.1) is 18.9 Å². The number of sulfone groups is 1. The summed E-state index contributed by atoms with van der Waals surface area (Å²) in [5.74, 6) is -0.393. The number of Topliss-reactive ketones (excluding diaryl/α,β-unsaturated/α-hetero) is 1. The van der Waals surface area contributed by atoms with Crippen LogP contribution >= 0.6 is 0 Å². The SMILES string of the molecule is C#CCCC(NC(=O)[C@@H]1CC2(CC2)C(C)CN1C(=O)[C@@H](NC(=O)NC1(CS(=O)(=O)C(C)(C)C)CCCCC1)C(C)(C)C)C(=O)C(=O)NCC=C. The molecule has 2 saturated carbocycles. The molecule has 2 unspecified atom stereocenters. The zero-order valence-corrected chi connectivity index (χ0v) is 31.9. The zero-order valence-electron chi connectivity index (χ0n) is 31.1. The summed E-state index contributed by atoms with van der Waals surface area (Å²) in [4.78, 5) is 69.5. The van der Waals surface area contributed by atoms with Crippen LogP contribution in [0.3, 0.4) is 0 Å². The van der Waals surface area contributed by atoms with Crippen molar-refractivity contribution in [2.75, 3.05) is 18.8 Å². The fourth-order valence-corrected chi connectivity index (χ4v) is 8.68. The lowest BCUT2D eigenvalue weighted by atomic mass is 9.78. The first-order chi connectivity index (χ1) is 23.1. The largest absolute Gasteiger partial charge is 0.346 e. The summed E-state index contributed by atoms with van der Waals surface area (Å²) < 4.78 is 25.6. The second-order valence-corrected chi connectivity index (χ2v) is 19.5. The molecular formula is C37H59N5O7S. The van der Waals surface area contributed by atoms with Crippen LogP contribution in [-0.2, 0) is 29.0 Å². The normalized spacial score (nSPS) is 22.6. The molecule has 2 aliphatic carbocycles. The minimum Gasteiger partial charge on any atom is -0.346 e. The first-order valence-electron chi connectivity index (χ1n) is 17.9. The van der Waals surface area contributed by atoms with Gasteiger partial charge in [0.2, 0.25) is 17.6 Å². The minimum absolute atomic E-state index is 0.0455. The maximum Gasteiger partial charge on any atom is 0.315 e. The van der Waals surface area contributed by atoms with E-state index in [2.05, 4.69) is 40.7 Å². The summed E-state index contributed by atoms with van der Waals surface area (Å²) >= 11 is 0. The topological polar surface area (TPSA) is 171 Å². The highest BCUT2D eigenvalue weighted by Crippen LogP contribution is 2.58. The van der Waals surface area contributed by atoms with Gasteiger partial charge in [0, 0.05) is 19.5 Å². The van der Waals surface area contributed by atoms with Crippen LogP contribution in [0.5, 0.6) is 0 Å². The van der Waals surface area contributed by atoms with Gasteiger partial charge in [0.05, 0.1) is 22.1 Å². The lowest BCUT2D eigenvalue weighted by Crippen LogP contribution is -2.66. The van der Waals surface area contributed by atoms with E-state index in [9.17, 15) is 32.4 Å². The standard InChI is InChI=1S/C37H59N5O7S/c1-10-12-16-26(28(43)31(45)38-21-11-2)39-30(44)27-22-36(19-20-36)25(3)23-42(27)32(46)29(34(4,5)6)40-33(47)41-37(17-14-13-15-18-37)24-50(48,49)35(7,8)9/h1,11,25-27,29H,2,12-24H2,3-9H3,(H,38,45)(H,39,44)(H2,40,41,47)/t25?,26?,27-,29+/m0/s1. The number of carbonyl (C=O) groups excluding carboxylic acids is 5. The zero-order chi connectivity index (χ0) is 37.7. The Hall–Kier alpha value is -3.40. The molecule has 1 aliphatic heterocycles. The van der Waals surface area contributed by atoms with Crippen molar-refractivity contribution < 1.29 is 32.4 Å². The van der Waals surface area contributed by atoms with E-state index in [0.29, 0.717) is 19.3 Å². The van der Waals surface area contributed by atoms with E-state index in [0.717, 1.165) is 32.1 Å². The monoisotopic (exact) mass is 717 g/mol. The lowest BCUT2D eigenvalue weighted by Gasteiger charge is -2.46. The van der Waals surface area contributed by atoms with Crippen LogP contribution in [0.1, 0.15) is 113 Å². The summed E-state index contributed by atoms with van der Waals surface area (Å²) in [7, 11) is -3.58. The first kappa shape index (κ1) is 41.0. The number of ketones is 1. The van der Waals surface area contributed by atoms with E-state index in [4.69, 9.17) is 6.42 Å². The third-order valence-corrected chi connectivity index (χ3v) is 13.6. The van der Waals surface area contributed by atoms with Crippen molar-refractivity contribution in [3.05, 3.63) is 12.7 Å². The molecular weight excluding hydrogens is 659 g/mol. The number of likely N-dealkylation sites (tertiary alicyclic amines) is 1. The molecule has 280 valence electrons. The van der Waals surface area contributed by atoms with Crippen molar-refractivity contribution in [3.8, 4) is 12.3 Å². The van der Waals surface area contributed by atoms with Crippen LogP contribution in [-0.4, -0.2) is 90.1 Å². The molecule has 0 aromatic rings. The number of hydrogen-bond donors (Lipinski definition) is 4. The Morgan fingerprint density at radius 2 is 1.62 bits per heavy atom. The number of carbonyl (C=O) groups is 5. The fourth-order valence-electron chi connectivity index (χ4n) is 7.16. The molecule has 3 rings (SSSR count). The van der Waals surface area contributed by atoms with Gasteiger partial charge in [-0.1, -0.05) is 53.0 Å². The second-order valence-electron chi connectivity index (χ2n) is 16.8. The van der Waals surface area contributed by atoms with Gasteiger partial charge in [0.25, 0.3) is 5.91 Å². The van der Waals surface area contributed by atoms with E-state index in [1.165, 1.54) is 11.0 Å². The molecule has 0 aromatic heterocycles. The summed E-state index contributed by atoms with van der Waals surface area (Å²) in [5, 5.41) is 11.1. The maximum atomic E-state index is 14.6. The van der Waals surface area contributed by atoms with Crippen LogP contribution < -0.4 is 21.3 Å². The van der Waals surface area contributed by atoms with E-state index in [1.807, 2.05) is 20.8 Å². The Kier molecular flexibility index (Phi) is 13.0. The predicted molar refractivity (Wildman–Crippen MR) is 193 cm³/mol. The van der Waals surface area contributed by atoms with Gasteiger partial charge in [-0.3, -0.25) is 19.2 Å².